The summed E-state index contributed by atoms with van der Waals surface area (Å²) in [5.41, 5.74) is 4.47. The molecule has 0 bridgehead atoms. The van der Waals surface area contributed by atoms with Crippen LogP contribution in [-0.4, -0.2) is 11.3 Å². The second-order valence-electron chi connectivity index (χ2n) is 14.4. The Bertz CT molecular complexity index is 2110. The van der Waals surface area contributed by atoms with E-state index >= 15 is 0 Å². The number of pyridine rings is 1. The Balaban J connectivity index is 0.00000275. The zero-order valence-corrected chi connectivity index (χ0v) is 35.9. The van der Waals surface area contributed by atoms with E-state index in [1.165, 1.54) is 37.4 Å². The van der Waals surface area contributed by atoms with E-state index in [0.29, 0.717) is 6.61 Å². The summed E-state index contributed by atoms with van der Waals surface area (Å²) in [7, 11) is -4.61. The number of rotatable bonds is 13. The Hall–Kier alpha value is -4.33. The van der Waals surface area contributed by atoms with Crippen molar-refractivity contribution in [1.82, 2.24) is 4.98 Å². The van der Waals surface area contributed by atoms with Crippen LogP contribution >= 0.6 is 14.5 Å². The highest BCUT2D eigenvalue weighted by atomic mass is 35.5. The van der Waals surface area contributed by atoms with Crippen LogP contribution in [0.3, 0.4) is 0 Å². The summed E-state index contributed by atoms with van der Waals surface area (Å²) < 4.78 is 13.5. The first kappa shape index (κ1) is 42.3. The number of fused-ring (bicyclic) bond motifs is 1. The summed E-state index contributed by atoms with van der Waals surface area (Å²) in [6.45, 7) is 4.85. The summed E-state index contributed by atoms with van der Waals surface area (Å²) in [6, 6.07) is 67.1. The number of benzene rings is 6. The monoisotopic (exact) mass is 827 g/mol. The number of unbranched alkanes of at least 4 members (excludes halogenated alkanes) is 1. The summed E-state index contributed by atoms with van der Waals surface area (Å²) in [6.07, 6.45) is 4.31. The second kappa shape index (κ2) is 19.4. The molecule has 1 aliphatic heterocycles. The largest absolute Gasteiger partial charge is 1.00 e. The molecule has 2 heterocycles. The minimum Gasteiger partial charge on any atom is -1.00 e. The van der Waals surface area contributed by atoms with Crippen LogP contribution in [0.1, 0.15) is 48.7 Å². The first-order valence-electron chi connectivity index (χ1n) is 19.5. The molecule has 0 radical (unpaired) electrons. The molecule has 0 amide bonds. The van der Waals surface area contributed by atoms with Crippen molar-refractivity contribution in [2.45, 2.75) is 58.3 Å². The number of aromatic nitrogens is 1. The lowest BCUT2D eigenvalue weighted by Gasteiger charge is -2.34. The van der Waals surface area contributed by atoms with E-state index in [4.69, 9.17) is 14.5 Å². The molecular weight excluding hydrogens is 779 g/mol. The quantitative estimate of drug-likeness (QED) is 0.166. The van der Waals surface area contributed by atoms with Gasteiger partial charge in [0.2, 0.25) is 0 Å². The highest BCUT2D eigenvalue weighted by Gasteiger charge is 2.50. The van der Waals surface area contributed by atoms with Gasteiger partial charge in [0.05, 0.1) is 18.0 Å². The van der Waals surface area contributed by atoms with E-state index in [0.717, 1.165) is 54.3 Å². The first-order valence-corrected chi connectivity index (χ1v) is 23.5. The Kier molecular flexibility index (Phi) is 14.4. The van der Waals surface area contributed by atoms with Crippen LogP contribution in [0.15, 0.2) is 182 Å². The fourth-order valence-electron chi connectivity index (χ4n) is 8.33. The van der Waals surface area contributed by atoms with Crippen molar-refractivity contribution in [3.63, 3.8) is 0 Å². The van der Waals surface area contributed by atoms with Gasteiger partial charge in [-0.1, -0.05) is 123 Å². The summed E-state index contributed by atoms with van der Waals surface area (Å²) in [5.74, 6) is 0.904. The van der Waals surface area contributed by atoms with E-state index in [1.54, 1.807) is 0 Å². The molecule has 0 aliphatic carbocycles. The summed E-state index contributed by atoms with van der Waals surface area (Å²) in [4.78, 5) is 5.69. The molecule has 8 rings (SSSR count). The molecule has 1 atom stereocenters. The number of nitrogens with zero attached hydrogens (tertiary/aromatic N) is 1. The van der Waals surface area contributed by atoms with Crippen molar-refractivity contribution >= 4 is 46.4 Å². The van der Waals surface area contributed by atoms with Gasteiger partial charge in [0, 0.05) is 17.5 Å². The lowest BCUT2D eigenvalue weighted by Crippen LogP contribution is -3.00. The highest BCUT2D eigenvalue weighted by Crippen LogP contribution is 2.62. The van der Waals surface area contributed by atoms with Gasteiger partial charge >= 0.3 is 0 Å². The second-order valence-corrected chi connectivity index (χ2v) is 21.3. The lowest BCUT2D eigenvalue weighted by atomic mass is 10.0. The van der Waals surface area contributed by atoms with Crippen LogP contribution in [0.4, 0.5) is 0 Å². The van der Waals surface area contributed by atoms with Crippen LogP contribution in [0.5, 0.6) is 5.75 Å². The van der Waals surface area contributed by atoms with E-state index < -0.39 is 14.5 Å². The lowest BCUT2D eigenvalue weighted by molar-refractivity contribution is -0.113. The van der Waals surface area contributed by atoms with Gasteiger partial charge in [-0.25, -0.2) is 4.98 Å². The normalized spacial score (nSPS) is 13.7. The molecule has 0 saturated heterocycles. The van der Waals surface area contributed by atoms with Crippen LogP contribution in [0, 0.1) is 6.92 Å². The molecule has 0 fully saturated rings. The van der Waals surface area contributed by atoms with Gasteiger partial charge in [-0.3, -0.25) is 0 Å². The number of aryl methyl sites for hydroxylation is 1. The molecule has 7 heteroatoms. The molecule has 3 nitrogen and oxygen atoms in total. The van der Waals surface area contributed by atoms with Crippen LogP contribution in [0.2, 0.25) is 0 Å². The standard InChI is InChI=1S/C50H49NO2P2.2ClH/c1-3-4-35-49-52-36-46-47(37-54(40-23-11-5-12-24-40,41-25-13-6-14-26-41)42-27-15-7-16-28-42)48(51-39(2)50(46)53-49)38-55(43-29-17-8-18-30-43,44-31-19-9-20-32-44)45-33-21-10-22-34-45;;/h5-34,49H,3-4,35-38H2,1-2H3;2*1H/q+2;;/p-2. The SMILES string of the molecule is CCCCC1OCc2c(C[P+](c3ccccc3)(c3ccccc3)c3ccccc3)c(C[P+](c3ccccc3)(c3ccccc3)c3ccccc3)nc(C)c2O1.[Cl-].[Cl-]. The number of hydrogen-bond acceptors (Lipinski definition) is 3. The molecule has 7 aromatic rings. The van der Waals surface area contributed by atoms with Gasteiger partial charge in [-0.15, -0.1) is 0 Å². The van der Waals surface area contributed by atoms with Crippen LogP contribution in [0.25, 0.3) is 0 Å². The Labute approximate surface area is 352 Å². The van der Waals surface area contributed by atoms with Crippen LogP contribution in [-0.2, 0) is 23.7 Å². The number of halogens is 2. The third kappa shape index (κ3) is 8.47. The number of ether oxygens (including phenoxy) is 2. The van der Waals surface area contributed by atoms with Crippen molar-refractivity contribution < 1.29 is 34.3 Å². The van der Waals surface area contributed by atoms with Crippen molar-refractivity contribution in [2.24, 2.45) is 0 Å². The fraction of sp³-hybridized carbons (Fsp3) is 0.180. The smallest absolute Gasteiger partial charge is 0.200 e. The van der Waals surface area contributed by atoms with E-state index in [1.807, 2.05) is 0 Å². The molecule has 1 aromatic heterocycles. The maximum atomic E-state index is 6.81. The van der Waals surface area contributed by atoms with Crippen LogP contribution < -0.4 is 61.4 Å². The molecule has 290 valence electrons. The average molecular weight is 829 g/mol. The van der Waals surface area contributed by atoms with Gasteiger partial charge in [0.1, 0.15) is 64.4 Å². The molecule has 57 heavy (non-hydrogen) atoms. The Morgan fingerprint density at radius 1 is 0.526 bits per heavy atom. The minimum absolute atomic E-state index is 0. The molecule has 6 aromatic carbocycles. The Morgan fingerprint density at radius 2 is 0.877 bits per heavy atom. The fourth-order valence-corrected chi connectivity index (χ4v) is 16.9. The molecule has 0 N–H and O–H groups in total. The summed E-state index contributed by atoms with van der Waals surface area (Å²) >= 11 is 0. The average Bonchev–Trinajstić information content (AvgIpc) is 3.26. The zero-order chi connectivity index (χ0) is 37.5. The van der Waals surface area contributed by atoms with Gasteiger partial charge in [-0.2, -0.15) is 0 Å². The predicted molar refractivity (Wildman–Crippen MR) is 235 cm³/mol. The molecule has 1 aliphatic rings. The third-order valence-corrected chi connectivity index (χ3v) is 19.7. The minimum atomic E-state index is -2.32. The van der Waals surface area contributed by atoms with E-state index in [9.17, 15) is 0 Å². The van der Waals surface area contributed by atoms with Gasteiger partial charge in [0.15, 0.2) is 6.29 Å². The highest BCUT2D eigenvalue weighted by molar-refractivity contribution is 7.95. The van der Waals surface area contributed by atoms with E-state index in [-0.39, 0.29) is 31.1 Å². The Morgan fingerprint density at radius 3 is 1.23 bits per heavy atom. The van der Waals surface area contributed by atoms with Crippen molar-refractivity contribution in [3.05, 3.63) is 205 Å². The molecular formula is C50H49Cl2NO2P2. The van der Waals surface area contributed by atoms with Crippen molar-refractivity contribution in [2.75, 3.05) is 0 Å². The van der Waals surface area contributed by atoms with Crippen molar-refractivity contribution in [1.29, 1.82) is 0 Å². The van der Waals surface area contributed by atoms with Crippen molar-refractivity contribution in [3.8, 4) is 5.75 Å². The third-order valence-electron chi connectivity index (χ3n) is 11.0. The van der Waals surface area contributed by atoms with Gasteiger partial charge in [0.25, 0.3) is 0 Å². The first-order chi connectivity index (χ1) is 27.1. The molecule has 1 unspecified atom stereocenters. The zero-order valence-electron chi connectivity index (χ0n) is 32.6. The topological polar surface area (TPSA) is 31.4 Å². The molecule has 0 spiro atoms. The van der Waals surface area contributed by atoms with E-state index in [2.05, 4.69) is 196 Å². The van der Waals surface area contributed by atoms with Gasteiger partial charge < -0.3 is 34.3 Å². The maximum Gasteiger partial charge on any atom is 0.200 e. The number of hydrogen-bond donors (Lipinski definition) is 0. The molecule has 0 saturated carbocycles. The maximum absolute atomic E-state index is 6.81. The predicted octanol–water partition coefficient (Wildman–Crippen LogP) is 3.81. The van der Waals surface area contributed by atoms with Gasteiger partial charge in [-0.05, 0) is 86.1 Å². The summed E-state index contributed by atoms with van der Waals surface area (Å²) in [5, 5.41) is 8.08.